The van der Waals surface area contributed by atoms with E-state index in [9.17, 15) is 4.21 Å². The Morgan fingerprint density at radius 2 is 2.11 bits per heavy atom. The maximum atomic E-state index is 11.6. The van der Waals surface area contributed by atoms with Crippen molar-refractivity contribution < 1.29 is 4.21 Å². The maximum absolute atomic E-state index is 11.6. The first-order valence-electron chi connectivity index (χ1n) is 6.58. The summed E-state index contributed by atoms with van der Waals surface area (Å²) in [4.78, 5) is 5.70. The van der Waals surface area contributed by atoms with E-state index in [1.165, 1.54) is 16.6 Å². The number of hydrogen-bond donors (Lipinski definition) is 1. The van der Waals surface area contributed by atoms with Crippen molar-refractivity contribution in [2.24, 2.45) is 0 Å². The molecule has 1 aliphatic rings. The highest BCUT2D eigenvalue weighted by Crippen LogP contribution is 2.28. The van der Waals surface area contributed by atoms with Gasteiger partial charge in [-0.05, 0) is 13.0 Å². The number of nitrogens with zero attached hydrogens (tertiary/aromatic N) is 2. The summed E-state index contributed by atoms with van der Waals surface area (Å²) in [7, 11) is -0.872. The summed E-state index contributed by atoms with van der Waals surface area (Å²) in [6.45, 7) is 4.83. The Morgan fingerprint density at radius 3 is 2.84 bits per heavy atom. The van der Waals surface area contributed by atoms with Crippen LogP contribution in [0, 0.1) is 0 Å². The molecule has 0 spiro atoms. The Balaban J connectivity index is 1.86. The van der Waals surface area contributed by atoms with Crippen LogP contribution in [0.1, 0.15) is 6.92 Å². The van der Waals surface area contributed by atoms with Crippen molar-refractivity contribution >= 4 is 27.6 Å². The molecule has 0 aliphatic carbocycles. The summed E-state index contributed by atoms with van der Waals surface area (Å²) < 4.78 is 13.7. The molecule has 102 valence electrons. The molecule has 3 rings (SSSR count). The zero-order valence-corrected chi connectivity index (χ0v) is 12.1. The number of rotatable bonds is 2. The van der Waals surface area contributed by atoms with Gasteiger partial charge < -0.3 is 9.88 Å². The van der Waals surface area contributed by atoms with Gasteiger partial charge in [0.25, 0.3) is 0 Å². The number of para-hydroxylation sites is 1. The third-order valence-electron chi connectivity index (χ3n) is 3.80. The van der Waals surface area contributed by atoms with Gasteiger partial charge in [0.05, 0.1) is 16.7 Å². The number of anilines is 1. The van der Waals surface area contributed by atoms with Crippen molar-refractivity contribution in [2.75, 3.05) is 30.8 Å². The molecule has 2 unspecified atom stereocenters. The van der Waals surface area contributed by atoms with Gasteiger partial charge in [-0.1, -0.05) is 18.2 Å². The zero-order valence-electron chi connectivity index (χ0n) is 11.3. The van der Waals surface area contributed by atoms with Gasteiger partial charge >= 0.3 is 0 Å². The Morgan fingerprint density at radius 1 is 1.32 bits per heavy atom. The molecule has 1 saturated heterocycles. The molecule has 1 aromatic heterocycles. The quantitative estimate of drug-likeness (QED) is 0.911. The van der Waals surface area contributed by atoms with Crippen molar-refractivity contribution in [3.8, 4) is 0 Å². The largest absolute Gasteiger partial charge is 0.367 e. The molecule has 2 aromatic rings. The second-order valence-corrected chi connectivity index (χ2v) is 6.40. The lowest BCUT2D eigenvalue weighted by molar-refractivity contribution is 0.325. The molecule has 1 N–H and O–H groups in total. The average Bonchev–Trinajstić information content (AvgIpc) is 2.82. The van der Waals surface area contributed by atoms with Crippen molar-refractivity contribution in [3.05, 3.63) is 30.5 Å². The van der Waals surface area contributed by atoms with Gasteiger partial charge in [-0.2, -0.15) is 0 Å². The number of nitrogens with one attached hydrogen (secondary N) is 1. The third kappa shape index (κ3) is 2.28. The van der Waals surface area contributed by atoms with E-state index >= 15 is 0 Å². The Labute approximate surface area is 116 Å². The van der Waals surface area contributed by atoms with Crippen LogP contribution in [-0.2, 0) is 11.0 Å². The fourth-order valence-corrected chi connectivity index (χ4v) is 3.77. The molecule has 2 atom stereocenters. The van der Waals surface area contributed by atoms with Crippen LogP contribution >= 0.6 is 0 Å². The number of benzene rings is 1. The topological polar surface area (TPSA) is 39.3 Å². The van der Waals surface area contributed by atoms with Gasteiger partial charge in [0.1, 0.15) is 0 Å². The lowest BCUT2D eigenvalue weighted by atomic mass is 10.2. The molecule has 1 fully saturated rings. The van der Waals surface area contributed by atoms with Gasteiger partial charge in [0.2, 0.25) is 0 Å². The molecule has 0 saturated carbocycles. The number of fused-ring (bicyclic) bond motifs is 1. The van der Waals surface area contributed by atoms with Crippen LogP contribution in [0.5, 0.6) is 0 Å². The first-order valence-corrected chi connectivity index (χ1v) is 8.09. The third-order valence-corrected chi connectivity index (χ3v) is 5.01. The number of aromatic amines is 1. The minimum absolute atomic E-state index is 0.313. The summed E-state index contributed by atoms with van der Waals surface area (Å²) in [5.74, 6) is 0. The highest BCUT2D eigenvalue weighted by molar-refractivity contribution is 7.81. The van der Waals surface area contributed by atoms with E-state index < -0.39 is 11.0 Å². The van der Waals surface area contributed by atoms with Crippen LogP contribution in [-0.4, -0.2) is 45.4 Å². The average molecular weight is 277 g/mol. The van der Waals surface area contributed by atoms with E-state index in [0.717, 1.165) is 19.6 Å². The minimum atomic E-state index is -0.872. The van der Waals surface area contributed by atoms with Gasteiger partial charge in [-0.25, -0.2) is 8.51 Å². The smallest absolute Gasteiger partial charge is 0.0914 e. The molecule has 1 aromatic carbocycles. The second-order valence-electron chi connectivity index (χ2n) is 5.08. The van der Waals surface area contributed by atoms with Gasteiger partial charge in [0.15, 0.2) is 0 Å². The number of hydrogen-bond acceptors (Lipinski definition) is 2. The summed E-state index contributed by atoms with van der Waals surface area (Å²) in [6.07, 6.45) is 3.84. The summed E-state index contributed by atoms with van der Waals surface area (Å²) >= 11 is 0. The molecule has 4 nitrogen and oxygen atoms in total. The highest BCUT2D eigenvalue weighted by Gasteiger charge is 2.26. The van der Waals surface area contributed by atoms with Gasteiger partial charge in [-0.15, -0.1) is 0 Å². The molecule has 19 heavy (non-hydrogen) atoms. The lowest BCUT2D eigenvalue weighted by Crippen LogP contribution is -2.52. The van der Waals surface area contributed by atoms with E-state index in [1.807, 2.05) is 6.07 Å². The maximum Gasteiger partial charge on any atom is 0.0914 e. The van der Waals surface area contributed by atoms with Crippen LogP contribution in [0.15, 0.2) is 30.5 Å². The molecule has 5 heteroatoms. The highest BCUT2D eigenvalue weighted by atomic mass is 32.2. The van der Waals surface area contributed by atoms with Crippen LogP contribution in [0.2, 0.25) is 0 Å². The van der Waals surface area contributed by atoms with Crippen molar-refractivity contribution in [2.45, 2.75) is 13.0 Å². The predicted molar refractivity (Wildman–Crippen MR) is 80.7 cm³/mol. The summed E-state index contributed by atoms with van der Waals surface area (Å²) in [5, 5.41) is 1.26. The Hall–Kier alpha value is -1.33. The van der Waals surface area contributed by atoms with Crippen LogP contribution < -0.4 is 4.90 Å². The molecular formula is C14H19N3OS. The fourth-order valence-electron chi connectivity index (χ4n) is 2.86. The standard InChI is InChI=1S/C14H19N3OS/c1-11-10-16(7-8-17(11)19(2)18)14-9-15-13-6-4-3-5-12(13)14/h3-6,9,11,15H,7-8,10H2,1-2H3. The van der Waals surface area contributed by atoms with E-state index in [2.05, 4.69) is 45.5 Å². The van der Waals surface area contributed by atoms with Crippen molar-refractivity contribution in [1.82, 2.24) is 9.29 Å². The molecule has 2 heterocycles. The monoisotopic (exact) mass is 277 g/mol. The molecule has 0 bridgehead atoms. The molecule has 0 amide bonds. The summed E-state index contributed by atoms with van der Waals surface area (Å²) in [5.41, 5.74) is 2.43. The first kappa shape index (κ1) is 12.7. The molecule has 1 aliphatic heterocycles. The Kier molecular flexibility index (Phi) is 3.33. The summed E-state index contributed by atoms with van der Waals surface area (Å²) in [6, 6.07) is 8.67. The molecular weight excluding hydrogens is 258 g/mol. The second kappa shape index (κ2) is 4.98. The zero-order chi connectivity index (χ0) is 13.4. The normalized spacial score (nSPS) is 22.8. The SMILES string of the molecule is CC1CN(c2c[nH]c3ccccc23)CCN1S(C)=O. The predicted octanol–water partition coefficient (Wildman–Crippen LogP) is 1.97. The minimum Gasteiger partial charge on any atom is -0.367 e. The van der Waals surface area contributed by atoms with E-state index in [0.29, 0.717) is 6.04 Å². The van der Waals surface area contributed by atoms with Crippen molar-refractivity contribution in [3.63, 3.8) is 0 Å². The van der Waals surface area contributed by atoms with Crippen LogP contribution in [0.3, 0.4) is 0 Å². The number of piperazine rings is 1. The number of H-pyrrole nitrogens is 1. The Bertz CT molecular complexity index is 610. The van der Waals surface area contributed by atoms with Crippen molar-refractivity contribution in [1.29, 1.82) is 0 Å². The number of aromatic nitrogens is 1. The van der Waals surface area contributed by atoms with Crippen LogP contribution in [0.25, 0.3) is 10.9 Å². The van der Waals surface area contributed by atoms with Gasteiger partial charge in [-0.3, -0.25) is 0 Å². The van der Waals surface area contributed by atoms with E-state index in [4.69, 9.17) is 0 Å². The van der Waals surface area contributed by atoms with E-state index in [1.54, 1.807) is 6.26 Å². The van der Waals surface area contributed by atoms with Gasteiger partial charge in [0, 0.05) is 49.0 Å². The molecule has 0 radical (unpaired) electrons. The van der Waals surface area contributed by atoms with Crippen LogP contribution in [0.4, 0.5) is 5.69 Å². The fraction of sp³-hybridized carbons (Fsp3) is 0.429. The first-order chi connectivity index (χ1) is 9.16. The lowest BCUT2D eigenvalue weighted by Gasteiger charge is -2.39. The van der Waals surface area contributed by atoms with E-state index in [-0.39, 0.29) is 0 Å².